The summed E-state index contributed by atoms with van der Waals surface area (Å²) in [5.41, 5.74) is 1.28. The molecule has 3 heterocycles. The van der Waals surface area contributed by atoms with Gasteiger partial charge in [-0.25, -0.2) is 9.97 Å². The minimum Gasteiger partial charge on any atom is -0.369 e. The number of anilines is 1. The number of fused-ring (bicyclic) bond motifs is 1. The van der Waals surface area contributed by atoms with Crippen LogP contribution in [0, 0.1) is 13.8 Å². The molecule has 21 heavy (non-hydrogen) atoms. The Bertz CT molecular complexity index is 792. The third kappa shape index (κ3) is 2.84. The fraction of sp³-hybridized carbons (Fsp3) is 0.333. The van der Waals surface area contributed by atoms with E-state index in [1.807, 2.05) is 6.07 Å². The van der Waals surface area contributed by atoms with E-state index in [-0.39, 0.29) is 0 Å². The van der Waals surface area contributed by atoms with Crippen molar-refractivity contribution < 1.29 is 0 Å². The molecule has 3 rings (SSSR count). The first-order valence-electron chi connectivity index (χ1n) is 6.87. The lowest BCUT2D eigenvalue weighted by molar-refractivity contribution is 0.970. The lowest BCUT2D eigenvalue weighted by Gasteiger charge is -2.08. The van der Waals surface area contributed by atoms with Crippen molar-refractivity contribution in [3.05, 3.63) is 26.4 Å². The highest BCUT2D eigenvalue weighted by molar-refractivity contribution is 9.11. The molecule has 0 radical (unpaired) electrons. The van der Waals surface area contributed by atoms with Crippen LogP contribution in [-0.2, 0) is 0 Å². The standard InChI is InChI=1S/C15H16BrN3S2/c1-4-7-17-14-12-8(2)9(3)20-15(12)19-13(18-14)10-5-6-11(16)21-10/h5-6H,4,7H2,1-3H3,(H,17,18,19). The Morgan fingerprint density at radius 3 is 2.67 bits per heavy atom. The van der Waals surface area contributed by atoms with Crippen molar-refractivity contribution in [2.45, 2.75) is 27.2 Å². The van der Waals surface area contributed by atoms with Crippen LogP contribution in [0.15, 0.2) is 15.9 Å². The number of thiophene rings is 2. The fourth-order valence-corrected chi connectivity index (χ4v) is 4.51. The quantitative estimate of drug-likeness (QED) is 0.636. The summed E-state index contributed by atoms with van der Waals surface area (Å²) in [7, 11) is 0. The van der Waals surface area contributed by atoms with E-state index < -0.39 is 0 Å². The van der Waals surface area contributed by atoms with Crippen molar-refractivity contribution in [3.8, 4) is 10.7 Å². The molecule has 0 aromatic carbocycles. The number of aryl methyl sites for hydroxylation is 2. The van der Waals surface area contributed by atoms with Gasteiger partial charge in [0.15, 0.2) is 5.82 Å². The van der Waals surface area contributed by atoms with Gasteiger partial charge in [0.05, 0.1) is 14.0 Å². The fourth-order valence-electron chi connectivity index (χ4n) is 2.17. The van der Waals surface area contributed by atoms with E-state index in [2.05, 4.69) is 48.1 Å². The first kappa shape index (κ1) is 14.9. The zero-order valence-electron chi connectivity index (χ0n) is 12.2. The van der Waals surface area contributed by atoms with Gasteiger partial charge in [0, 0.05) is 11.4 Å². The summed E-state index contributed by atoms with van der Waals surface area (Å²) in [5.74, 6) is 1.77. The Kier molecular flexibility index (Phi) is 4.28. The predicted molar refractivity (Wildman–Crippen MR) is 96.7 cm³/mol. The summed E-state index contributed by atoms with van der Waals surface area (Å²) in [6, 6.07) is 4.10. The highest BCUT2D eigenvalue weighted by atomic mass is 79.9. The summed E-state index contributed by atoms with van der Waals surface area (Å²) in [6.07, 6.45) is 1.08. The van der Waals surface area contributed by atoms with Crippen LogP contribution < -0.4 is 5.32 Å². The third-order valence-electron chi connectivity index (χ3n) is 3.36. The molecule has 0 saturated carbocycles. The van der Waals surface area contributed by atoms with Gasteiger partial charge in [0.1, 0.15) is 10.6 Å². The van der Waals surface area contributed by atoms with Gasteiger partial charge in [-0.05, 0) is 53.9 Å². The highest BCUT2D eigenvalue weighted by Gasteiger charge is 2.16. The number of halogens is 1. The van der Waals surface area contributed by atoms with E-state index in [1.165, 1.54) is 15.8 Å². The van der Waals surface area contributed by atoms with Crippen LogP contribution in [0.1, 0.15) is 23.8 Å². The number of hydrogen-bond acceptors (Lipinski definition) is 5. The molecular weight excluding hydrogens is 366 g/mol. The average molecular weight is 382 g/mol. The van der Waals surface area contributed by atoms with Crippen molar-refractivity contribution in [1.29, 1.82) is 0 Å². The molecular formula is C15H16BrN3S2. The molecule has 0 fully saturated rings. The summed E-state index contributed by atoms with van der Waals surface area (Å²) in [6.45, 7) is 7.38. The molecule has 110 valence electrons. The second kappa shape index (κ2) is 6.02. The van der Waals surface area contributed by atoms with Crippen LogP contribution >= 0.6 is 38.6 Å². The van der Waals surface area contributed by atoms with Gasteiger partial charge in [0.2, 0.25) is 0 Å². The molecule has 0 aliphatic carbocycles. The van der Waals surface area contributed by atoms with Crippen molar-refractivity contribution in [2.24, 2.45) is 0 Å². The molecule has 0 unspecified atom stereocenters. The molecule has 0 amide bonds. The normalized spacial score (nSPS) is 11.2. The van der Waals surface area contributed by atoms with Crippen molar-refractivity contribution in [1.82, 2.24) is 9.97 Å². The summed E-state index contributed by atoms with van der Waals surface area (Å²) >= 11 is 6.91. The Balaban J connectivity index is 2.19. The smallest absolute Gasteiger partial charge is 0.173 e. The molecule has 3 aromatic heterocycles. The molecule has 3 nitrogen and oxygen atoms in total. The Labute approximate surface area is 140 Å². The lowest BCUT2D eigenvalue weighted by Crippen LogP contribution is -2.04. The zero-order valence-corrected chi connectivity index (χ0v) is 15.4. The molecule has 0 aliphatic heterocycles. The molecule has 6 heteroatoms. The first-order valence-corrected chi connectivity index (χ1v) is 9.30. The first-order chi connectivity index (χ1) is 10.1. The van der Waals surface area contributed by atoms with E-state index in [0.717, 1.165) is 38.1 Å². The largest absolute Gasteiger partial charge is 0.369 e. The molecule has 0 spiro atoms. The maximum absolute atomic E-state index is 4.77. The third-order valence-corrected chi connectivity index (χ3v) is 6.09. The van der Waals surface area contributed by atoms with Gasteiger partial charge in [-0.3, -0.25) is 0 Å². The lowest BCUT2D eigenvalue weighted by atomic mass is 10.2. The molecule has 0 atom stereocenters. The Morgan fingerprint density at radius 2 is 2.00 bits per heavy atom. The maximum atomic E-state index is 4.77. The molecule has 3 aromatic rings. The highest BCUT2D eigenvalue weighted by Crippen LogP contribution is 2.36. The van der Waals surface area contributed by atoms with Gasteiger partial charge < -0.3 is 5.32 Å². The van der Waals surface area contributed by atoms with Gasteiger partial charge in [-0.2, -0.15) is 0 Å². The summed E-state index contributed by atoms with van der Waals surface area (Å²) in [5, 5.41) is 4.63. The van der Waals surface area contributed by atoms with Crippen LogP contribution in [0.25, 0.3) is 20.9 Å². The summed E-state index contributed by atoms with van der Waals surface area (Å²) in [4.78, 5) is 13.0. The second-order valence-electron chi connectivity index (χ2n) is 4.89. The molecule has 0 bridgehead atoms. The van der Waals surface area contributed by atoms with Gasteiger partial charge in [0.25, 0.3) is 0 Å². The molecule has 0 aliphatic rings. The SMILES string of the molecule is CCCNc1nc(-c2ccc(Br)s2)nc2sc(C)c(C)c12. The van der Waals surface area contributed by atoms with Crippen LogP contribution in [-0.4, -0.2) is 16.5 Å². The van der Waals surface area contributed by atoms with Crippen LogP contribution in [0.3, 0.4) is 0 Å². The number of aromatic nitrogens is 2. The summed E-state index contributed by atoms with van der Waals surface area (Å²) < 4.78 is 1.10. The van der Waals surface area contributed by atoms with Crippen LogP contribution in [0.5, 0.6) is 0 Å². The van der Waals surface area contributed by atoms with E-state index >= 15 is 0 Å². The number of hydrogen-bond donors (Lipinski definition) is 1. The zero-order chi connectivity index (χ0) is 15.0. The van der Waals surface area contributed by atoms with Gasteiger partial charge >= 0.3 is 0 Å². The van der Waals surface area contributed by atoms with Crippen molar-refractivity contribution in [2.75, 3.05) is 11.9 Å². The Hall–Kier alpha value is -0.980. The van der Waals surface area contributed by atoms with Crippen molar-refractivity contribution in [3.63, 3.8) is 0 Å². The minimum absolute atomic E-state index is 0.804. The predicted octanol–water partition coefficient (Wildman–Crippen LogP) is 5.62. The van der Waals surface area contributed by atoms with E-state index in [9.17, 15) is 0 Å². The average Bonchev–Trinajstić information content (AvgIpc) is 3.01. The van der Waals surface area contributed by atoms with Crippen LogP contribution in [0.2, 0.25) is 0 Å². The number of rotatable bonds is 4. The van der Waals surface area contributed by atoms with E-state index in [0.29, 0.717) is 0 Å². The van der Waals surface area contributed by atoms with Gasteiger partial charge in [-0.15, -0.1) is 22.7 Å². The molecule has 0 saturated heterocycles. The van der Waals surface area contributed by atoms with E-state index in [1.54, 1.807) is 22.7 Å². The maximum Gasteiger partial charge on any atom is 0.173 e. The molecule has 1 N–H and O–H groups in total. The second-order valence-corrected chi connectivity index (χ2v) is 8.56. The minimum atomic E-state index is 0.804. The Morgan fingerprint density at radius 1 is 1.19 bits per heavy atom. The number of nitrogens with one attached hydrogen (secondary N) is 1. The van der Waals surface area contributed by atoms with E-state index in [4.69, 9.17) is 9.97 Å². The van der Waals surface area contributed by atoms with Crippen LogP contribution in [0.4, 0.5) is 5.82 Å². The monoisotopic (exact) mass is 381 g/mol. The van der Waals surface area contributed by atoms with Crippen molar-refractivity contribution >= 4 is 54.6 Å². The topological polar surface area (TPSA) is 37.8 Å². The number of nitrogens with zero attached hydrogens (tertiary/aromatic N) is 2. The van der Waals surface area contributed by atoms with Gasteiger partial charge in [-0.1, -0.05) is 6.92 Å².